The van der Waals surface area contributed by atoms with Gasteiger partial charge in [-0.1, -0.05) is 30.3 Å². The van der Waals surface area contributed by atoms with Gasteiger partial charge in [0.1, 0.15) is 6.61 Å². The summed E-state index contributed by atoms with van der Waals surface area (Å²) in [6.07, 6.45) is -5.03. The largest absolute Gasteiger partial charge is 0.483 e. The third kappa shape index (κ3) is 5.29. The summed E-state index contributed by atoms with van der Waals surface area (Å²) in [6.45, 7) is 2.32. The van der Waals surface area contributed by atoms with Crippen molar-refractivity contribution in [3.05, 3.63) is 47.4 Å². The van der Waals surface area contributed by atoms with Gasteiger partial charge in [-0.2, -0.15) is 13.2 Å². The molecule has 0 aliphatic rings. The number of carbonyl (C=O) groups is 2. The minimum absolute atomic E-state index is 0.00891. The van der Waals surface area contributed by atoms with Gasteiger partial charge in [0.2, 0.25) is 0 Å². The highest BCUT2D eigenvalue weighted by Gasteiger charge is 2.39. The van der Waals surface area contributed by atoms with Crippen molar-refractivity contribution in [2.75, 3.05) is 0 Å². The van der Waals surface area contributed by atoms with Crippen molar-refractivity contribution in [1.82, 2.24) is 5.32 Å². The SMILES string of the molecule is CC(=O)/C(OCc1ccccc1)=C(/C)NC(=O)C(F)(F)F. The summed E-state index contributed by atoms with van der Waals surface area (Å²) in [5, 5.41) is 1.61. The predicted octanol–water partition coefficient (Wildman–Crippen LogP) is 2.70. The van der Waals surface area contributed by atoms with Crippen LogP contribution in [0.15, 0.2) is 41.8 Å². The Morgan fingerprint density at radius 3 is 2.19 bits per heavy atom. The van der Waals surface area contributed by atoms with E-state index in [1.54, 1.807) is 35.6 Å². The van der Waals surface area contributed by atoms with Crippen LogP contribution in [-0.4, -0.2) is 17.9 Å². The molecule has 7 heteroatoms. The number of carbonyl (C=O) groups excluding carboxylic acids is 2. The minimum atomic E-state index is -5.03. The van der Waals surface area contributed by atoms with Gasteiger partial charge in [0.25, 0.3) is 0 Å². The molecule has 1 N–H and O–H groups in total. The van der Waals surface area contributed by atoms with Crippen LogP contribution in [0.3, 0.4) is 0 Å². The van der Waals surface area contributed by atoms with E-state index in [1.165, 1.54) is 6.92 Å². The Hall–Kier alpha value is -2.31. The molecule has 4 nitrogen and oxygen atoms in total. The molecule has 0 bridgehead atoms. The second kappa shape index (κ2) is 6.92. The molecule has 0 saturated heterocycles. The zero-order valence-electron chi connectivity index (χ0n) is 11.5. The summed E-state index contributed by atoms with van der Waals surface area (Å²) >= 11 is 0. The second-order valence-electron chi connectivity index (χ2n) is 4.24. The van der Waals surface area contributed by atoms with E-state index in [9.17, 15) is 22.8 Å². The first-order valence-corrected chi connectivity index (χ1v) is 5.98. The summed E-state index contributed by atoms with van der Waals surface area (Å²) in [5.74, 6) is -3.04. The Kier molecular flexibility index (Phi) is 5.52. The van der Waals surface area contributed by atoms with E-state index in [0.717, 1.165) is 12.5 Å². The van der Waals surface area contributed by atoms with Gasteiger partial charge in [0, 0.05) is 6.92 Å². The summed E-state index contributed by atoms with van der Waals surface area (Å²) in [7, 11) is 0. The van der Waals surface area contributed by atoms with Crippen LogP contribution in [0.5, 0.6) is 0 Å². The highest BCUT2D eigenvalue weighted by molar-refractivity contribution is 5.93. The number of amides is 1. The Morgan fingerprint density at radius 2 is 1.71 bits per heavy atom. The van der Waals surface area contributed by atoms with E-state index in [2.05, 4.69) is 0 Å². The van der Waals surface area contributed by atoms with Crippen molar-refractivity contribution in [2.45, 2.75) is 26.6 Å². The van der Waals surface area contributed by atoms with Gasteiger partial charge in [-0.3, -0.25) is 9.59 Å². The average Bonchev–Trinajstić information content (AvgIpc) is 2.38. The molecule has 1 aromatic rings. The topological polar surface area (TPSA) is 55.4 Å². The molecule has 1 amide bonds. The van der Waals surface area contributed by atoms with Crippen LogP contribution in [0, 0.1) is 0 Å². The molecule has 0 radical (unpaired) electrons. The lowest BCUT2D eigenvalue weighted by molar-refractivity contribution is -0.172. The predicted molar refractivity (Wildman–Crippen MR) is 68.8 cm³/mol. The first-order valence-electron chi connectivity index (χ1n) is 5.98. The Labute approximate surface area is 119 Å². The molecule has 0 aromatic heterocycles. The Balaban J connectivity index is 2.82. The molecule has 1 rings (SSSR count). The normalized spacial score (nSPS) is 12.4. The molecule has 0 unspecified atom stereocenters. The van der Waals surface area contributed by atoms with E-state index in [1.807, 2.05) is 0 Å². The second-order valence-corrected chi connectivity index (χ2v) is 4.24. The lowest BCUT2D eigenvalue weighted by atomic mass is 10.2. The number of allylic oxidation sites excluding steroid dienone is 2. The summed E-state index contributed by atoms with van der Waals surface area (Å²) in [6, 6.07) is 8.78. The standard InChI is InChI=1S/C14H14F3NO3/c1-9(18-13(20)14(15,16)17)12(10(2)19)21-8-11-6-4-3-5-7-11/h3-7H,8H2,1-2H3,(H,18,20)/b12-9+. The maximum atomic E-state index is 12.2. The molecular weight excluding hydrogens is 287 g/mol. The van der Waals surface area contributed by atoms with Crippen molar-refractivity contribution in [3.8, 4) is 0 Å². The lowest BCUT2D eigenvalue weighted by Crippen LogP contribution is -2.36. The number of Topliss-reactive ketones (excluding diaryl/α,β-unsaturated/α-hetero) is 1. The molecule has 0 saturated carbocycles. The fraction of sp³-hybridized carbons (Fsp3) is 0.286. The third-order valence-electron chi connectivity index (χ3n) is 2.44. The first-order chi connectivity index (χ1) is 9.71. The molecule has 0 fully saturated rings. The van der Waals surface area contributed by atoms with Gasteiger partial charge >= 0.3 is 12.1 Å². The fourth-order valence-electron chi connectivity index (χ4n) is 1.50. The maximum absolute atomic E-state index is 12.2. The van der Waals surface area contributed by atoms with Crippen LogP contribution in [0.25, 0.3) is 0 Å². The molecule has 21 heavy (non-hydrogen) atoms. The van der Waals surface area contributed by atoms with Crippen molar-refractivity contribution in [3.63, 3.8) is 0 Å². The number of benzene rings is 1. The third-order valence-corrected chi connectivity index (χ3v) is 2.44. The van der Waals surface area contributed by atoms with E-state index >= 15 is 0 Å². The van der Waals surface area contributed by atoms with Crippen molar-refractivity contribution in [2.24, 2.45) is 0 Å². The Bertz CT molecular complexity index is 550. The summed E-state index contributed by atoms with van der Waals surface area (Å²) in [5.41, 5.74) is 0.465. The molecule has 0 spiro atoms. The first kappa shape index (κ1) is 16.7. The summed E-state index contributed by atoms with van der Waals surface area (Å²) in [4.78, 5) is 22.3. The van der Waals surface area contributed by atoms with Crippen LogP contribution in [0.1, 0.15) is 19.4 Å². The van der Waals surface area contributed by atoms with Gasteiger partial charge in [0.05, 0.1) is 5.70 Å². The Morgan fingerprint density at radius 1 is 1.14 bits per heavy atom. The van der Waals surface area contributed by atoms with Crippen LogP contribution < -0.4 is 5.32 Å². The highest BCUT2D eigenvalue weighted by atomic mass is 19.4. The number of nitrogens with one attached hydrogen (secondary N) is 1. The fourth-order valence-corrected chi connectivity index (χ4v) is 1.50. The number of hydrogen-bond acceptors (Lipinski definition) is 3. The van der Waals surface area contributed by atoms with Gasteiger partial charge in [0.15, 0.2) is 11.5 Å². The molecule has 0 atom stereocenters. The number of hydrogen-bond donors (Lipinski definition) is 1. The summed E-state index contributed by atoms with van der Waals surface area (Å²) < 4.78 is 41.7. The molecule has 0 aliphatic carbocycles. The number of alkyl halides is 3. The van der Waals surface area contributed by atoms with Crippen molar-refractivity contribution >= 4 is 11.7 Å². The number of ketones is 1. The maximum Gasteiger partial charge on any atom is 0.471 e. The molecule has 1 aromatic carbocycles. The lowest BCUT2D eigenvalue weighted by Gasteiger charge is -2.13. The van der Waals surface area contributed by atoms with Crippen LogP contribution in [0.2, 0.25) is 0 Å². The quantitative estimate of drug-likeness (QED) is 0.672. The zero-order valence-corrected chi connectivity index (χ0v) is 11.5. The molecular formula is C14H14F3NO3. The van der Waals surface area contributed by atoms with Crippen molar-refractivity contribution < 1.29 is 27.5 Å². The van der Waals surface area contributed by atoms with E-state index in [4.69, 9.17) is 4.74 Å². The van der Waals surface area contributed by atoms with Gasteiger partial charge in [-0.25, -0.2) is 0 Å². The van der Waals surface area contributed by atoms with Crippen LogP contribution in [0.4, 0.5) is 13.2 Å². The molecule has 0 heterocycles. The van der Waals surface area contributed by atoms with Gasteiger partial charge in [-0.05, 0) is 12.5 Å². The van der Waals surface area contributed by atoms with E-state index < -0.39 is 17.9 Å². The van der Waals surface area contributed by atoms with E-state index in [0.29, 0.717) is 0 Å². The average molecular weight is 301 g/mol. The van der Waals surface area contributed by atoms with Crippen molar-refractivity contribution in [1.29, 1.82) is 0 Å². The van der Waals surface area contributed by atoms with Crippen LogP contribution in [-0.2, 0) is 20.9 Å². The highest BCUT2D eigenvalue weighted by Crippen LogP contribution is 2.16. The molecule has 114 valence electrons. The van der Waals surface area contributed by atoms with E-state index in [-0.39, 0.29) is 18.1 Å². The molecule has 0 aliphatic heterocycles. The number of rotatable bonds is 5. The zero-order chi connectivity index (χ0) is 16.0. The van der Waals surface area contributed by atoms with Gasteiger partial charge in [-0.15, -0.1) is 0 Å². The van der Waals surface area contributed by atoms with Crippen LogP contribution >= 0.6 is 0 Å². The minimum Gasteiger partial charge on any atom is -0.483 e. The number of ether oxygens (including phenoxy) is 1. The monoisotopic (exact) mass is 301 g/mol. The van der Waals surface area contributed by atoms with Gasteiger partial charge < -0.3 is 10.1 Å². The number of halogens is 3. The smallest absolute Gasteiger partial charge is 0.471 e.